The topological polar surface area (TPSA) is 113 Å². The number of carbonyl (C=O) groups excluding carboxylic acids is 1. The predicted octanol–water partition coefficient (Wildman–Crippen LogP) is 12.7. The Balaban J connectivity index is 2.10. The molecule has 1 aromatic rings. The van der Waals surface area contributed by atoms with Gasteiger partial charge in [0, 0.05) is 32.2 Å². The molecule has 0 bridgehead atoms. The van der Waals surface area contributed by atoms with Crippen LogP contribution in [0.5, 0.6) is 0 Å². The van der Waals surface area contributed by atoms with Gasteiger partial charge >= 0.3 is 0 Å². The molecule has 356 valence electrons. The second-order valence-electron chi connectivity index (χ2n) is 16.5. The summed E-state index contributed by atoms with van der Waals surface area (Å²) in [5.41, 5.74) is 0. The average molecular weight is 862 g/mol. The largest absolute Gasteiger partial charge is 0.379 e. The number of rotatable bonds is 50. The first-order valence-corrected chi connectivity index (χ1v) is 25.4. The highest BCUT2D eigenvalue weighted by molar-refractivity contribution is 5.90. The number of imidazole rings is 1. The molecular formula is C51H95N3O7. The zero-order chi connectivity index (χ0) is 43.6. The van der Waals surface area contributed by atoms with E-state index in [1.165, 1.54) is 167 Å². The lowest BCUT2D eigenvalue weighted by molar-refractivity contribution is -0.0700. The Labute approximate surface area is 374 Å². The molecular weight excluding hydrogens is 767 g/mol. The van der Waals surface area contributed by atoms with Crippen molar-refractivity contribution >= 4 is 5.91 Å². The van der Waals surface area contributed by atoms with Gasteiger partial charge in [-0.2, -0.15) is 0 Å². The first kappa shape index (κ1) is 56.9. The fraction of sp³-hybridized carbons (Fsp3) is 0.843. The van der Waals surface area contributed by atoms with E-state index in [0.717, 1.165) is 26.1 Å². The van der Waals surface area contributed by atoms with Gasteiger partial charge in [0.15, 0.2) is 5.82 Å². The van der Waals surface area contributed by atoms with Crippen LogP contribution in [0.25, 0.3) is 0 Å². The van der Waals surface area contributed by atoms with Crippen LogP contribution in [-0.4, -0.2) is 101 Å². The van der Waals surface area contributed by atoms with E-state index in [-0.39, 0.29) is 12.0 Å². The van der Waals surface area contributed by atoms with Gasteiger partial charge in [0.2, 0.25) is 0 Å². The van der Waals surface area contributed by atoms with Gasteiger partial charge in [-0.15, -0.1) is 0 Å². The fourth-order valence-corrected chi connectivity index (χ4v) is 6.99. The lowest BCUT2D eigenvalue weighted by Gasteiger charge is -2.18. The van der Waals surface area contributed by atoms with Gasteiger partial charge in [-0.25, -0.2) is 4.98 Å². The third-order valence-electron chi connectivity index (χ3n) is 10.8. The number of nitrogens with zero attached hydrogens (tertiary/aromatic N) is 1. The van der Waals surface area contributed by atoms with Gasteiger partial charge in [0.25, 0.3) is 5.91 Å². The summed E-state index contributed by atoms with van der Waals surface area (Å²) in [6.07, 6.45) is 49.3. The van der Waals surface area contributed by atoms with Crippen molar-refractivity contribution in [3.05, 3.63) is 42.5 Å². The fourth-order valence-electron chi connectivity index (χ4n) is 6.99. The molecule has 0 radical (unpaired) electrons. The number of amides is 1. The minimum absolute atomic E-state index is 0.0565. The molecule has 0 saturated heterocycles. The summed E-state index contributed by atoms with van der Waals surface area (Å²) in [7, 11) is 0. The van der Waals surface area contributed by atoms with E-state index in [9.17, 15) is 4.79 Å². The number of aromatic amines is 1. The van der Waals surface area contributed by atoms with Gasteiger partial charge < -0.3 is 38.7 Å². The third kappa shape index (κ3) is 43.0. The number of aromatic nitrogens is 2. The molecule has 1 atom stereocenters. The van der Waals surface area contributed by atoms with Gasteiger partial charge in [-0.1, -0.05) is 154 Å². The molecule has 10 heteroatoms. The first-order chi connectivity index (χ1) is 30.3. The van der Waals surface area contributed by atoms with Crippen LogP contribution >= 0.6 is 0 Å². The highest BCUT2D eigenvalue weighted by atomic mass is 16.6. The van der Waals surface area contributed by atoms with Gasteiger partial charge in [0.1, 0.15) is 6.10 Å². The maximum atomic E-state index is 11.8. The number of carbonyl (C=O) groups is 1. The molecule has 0 aliphatic heterocycles. The minimum Gasteiger partial charge on any atom is -0.379 e. The van der Waals surface area contributed by atoms with E-state index >= 15 is 0 Å². The average Bonchev–Trinajstić information content (AvgIpc) is 3.82. The van der Waals surface area contributed by atoms with Gasteiger partial charge in [0.05, 0.1) is 59.5 Å². The molecule has 1 heterocycles. The standard InChI is InChI=1S/C51H95N3O7/c1-3-5-7-9-11-13-15-17-19-21-23-25-27-29-31-33-38-59-47-49(61-39-34-32-30-28-26-24-22-20-18-16-14-12-10-8-6-4-2)48-60-46-45-58-44-43-57-42-41-56-40-37-54-51(55)50-52-35-36-53-50/h17-20,35-36,49H,3-16,21-34,37-48H2,1-2H3,(H,52,53)(H,54,55)/b19-17-,20-18+. The monoisotopic (exact) mass is 862 g/mol. The molecule has 1 unspecified atom stereocenters. The van der Waals surface area contributed by atoms with Crippen LogP contribution in [0.4, 0.5) is 0 Å². The third-order valence-corrected chi connectivity index (χ3v) is 10.8. The highest BCUT2D eigenvalue weighted by Crippen LogP contribution is 2.12. The van der Waals surface area contributed by atoms with Gasteiger partial charge in [-0.3, -0.25) is 4.79 Å². The Morgan fingerprint density at radius 2 is 0.902 bits per heavy atom. The zero-order valence-electron chi connectivity index (χ0n) is 39.6. The molecule has 0 saturated carbocycles. The summed E-state index contributed by atoms with van der Waals surface area (Å²) >= 11 is 0. The summed E-state index contributed by atoms with van der Waals surface area (Å²) in [6.45, 7) is 10.9. The Hall–Kier alpha value is -2.08. The predicted molar refractivity (Wildman–Crippen MR) is 254 cm³/mol. The molecule has 1 amide bonds. The normalized spacial score (nSPS) is 12.4. The van der Waals surface area contributed by atoms with Crippen molar-refractivity contribution in [2.24, 2.45) is 0 Å². The first-order valence-electron chi connectivity index (χ1n) is 25.4. The quantitative estimate of drug-likeness (QED) is 0.0492. The molecule has 61 heavy (non-hydrogen) atoms. The smallest absolute Gasteiger partial charge is 0.287 e. The van der Waals surface area contributed by atoms with E-state index in [2.05, 4.69) is 53.4 Å². The van der Waals surface area contributed by atoms with Crippen molar-refractivity contribution in [1.82, 2.24) is 15.3 Å². The van der Waals surface area contributed by atoms with Crippen LogP contribution in [0.15, 0.2) is 36.7 Å². The van der Waals surface area contributed by atoms with Crippen LogP contribution in [0.2, 0.25) is 0 Å². The number of allylic oxidation sites excluding steroid dienone is 4. The number of hydrogen-bond acceptors (Lipinski definition) is 8. The summed E-state index contributed by atoms with van der Waals surface area (Å²) in [4.78, 5) is 18.5. The van der Waals surface area contributed by atoms with Crippen molar-refractivity contribution in [1.29, 1.82) is 0 Å². The number of H-pyrrole nitrogens is 1. The molecule has 1 aromatic heterocycles. The molecule has 0 aromatic carbocycles. The number of unbranched alkanes of at least 4 members (excludes halogenated alkanes) is 24. The molecule has 0 spiro atoms. The van der Waals surface area contributed by atoms with Crippen molar-refractivity contribution in [3.8, 4) is 0 Å². The van der Waals surface area contributed by atoms with Crippen molar-refractivity contribution < 1.29 is 33.2 Å². The summed E-state index contributed by atoms with van der Waals surface area (Å²) in [5.74, 6) is 0.0514. The lowest BCUT2D eigenvalue weighted by atomic mass is 10.1. The maximum absolute atomic E-state index is 11.8. The maximum Gasteiger partial charge on any atom is 0.287 e. The van der Waals surface area contributed by atoms with E-state index in [1.54, 1.807) is 12.4 Å². The van der Waals surface area contributed by atoms with Crippen LogP contribution in [0, 0.1) is 0 Å². The molecule has 0 fully saturated rings. The second kappa shape index (κ2) is 48.9. The minimum atomic E-state index is -0.245. The van der Waals surface area contributed by atoms with E-state index in [0.29, 0.717) is 71.8 Å². The molecule has 0 aliphatic carbocycles. The zero-order valence-corrected chi connectivity index (χ0v) is 39.6. The Morgan fingerprint density at radius 3 is 1.36 bits per heavy atom. The summed E-state index contributed by atoms with van der Waals surface area (Å²) < 4.78 is 35.1. The Morgan fingerprint density at radius 1 is 0.508 bits per heavy atom. The van der Waals surface area contributed by atoms with Crippen molar-refractivity contribution in [2.75, 3.05) is 79.2 Å². The van der Waals surface area contributed by atoms with Crippen molar-refractivity contribution in [2.45, 2.75) is 200 Å². The van der Waals surface area contributed by atoms with Crippen molar-refractivity contribution in [3.63, 3.8) is 0 Å². The Kier molecular flexibility index (Phi) is 45.7. The van der Waals surface area contributed by atoms with Crippen LogP contribution < -0.4 is 5.32 Å². The highest BCUT2D eigenvalue weighted by Gasteiger charge is 2.11. The van der Waals surface area contributed by atoms with Gasteiger partial charge in [-0.05, 0) is 64.2 Å². The summed E-state index contributed by atoms with van der Waals surface area (Å²) in [5, 5.41) is 2.75. The van der Waals surface area contributed by atoms with E-state index < -0.39 is 0 Å². The number of hydrogen-bond donors (Lipinski definition) is 2. The van der Waals surface area contributed by atoms with E-state index in [4.69, 9.17) is 28.4 Å². The Bertz CT molecular complexity index is 1050. The number of ether oxygens (including phenoxy) is 6. The summed E-state index contributed by atoms with van der Waals surface area (Å²) in [6, 6.07) is 0. The molecule has 1 rings (SSSR count). The van der Waals surface area contributed by atoms with Crippen LogP contribution in [-0.2, 0) is 28.4 Å². The molecule has 0 aliphatic rings. The molecule has 2 N–H and O–H groups in total. The SMILES string of the molecule is CCCCCCCC/C=C\CCCCCCCCOCC(COCCOCCOCCOCCNC(=O)c1ncc[nH]1)OCCCCCCCC/C=C/CCCCCCCC. The van der Waals surface area contributed by atoms with Crippen LogP contribution in [0.1, 0.15) is 204 Å². The van der Waals surface area contributed by atoms with E-state index in [1.807, 2.05) is 0 Å². The number of nitrogens with one attached hydrogen (secondary N) is 2. The lowest BCUT2D eigenvalue weighted by Crippen LogP contribution is -2.28. The molecule has 10 nitrogen and oxygen atoms in total. The second-order valence-corrected chi connectivity index (χ2v) is 16.5. The van der Waals surface area contributed by atoms with Crippen LogP contribution in [0.3, 0.4) is 0 Å².